The maximum atomic E-state index is 10.6. The van der Waals surface area contributed by atoms with E-state index in [9.17, 15) is 4.79 Å². The molecule has 0 radical (unpaired) electrons. The average molecular weight is 235 g/mol. The molecule has 2 aromatic heterocycles. The van der Waals surface area contributed by atoms with Crippen molar-refractivity contribution in [3.8, 4) is 0 Å². The summed E-state index contributed by atoms with van der Waals surface area (Å²) < 4.78 is 10.4. The Morgan fingerprint density at radius 1 is 1.53 bits per heavy atom. The van der Waals surface area contributed by atoms with Crippen molar-refractivity contribution < 1.29 is 18.7 Å². The smallest absolute Gasteiger partial charge is 0.338 e. The molecule has 17 heavy (non-hydrogen) atoms. The SMILES string of the molecule is C[C@@H](NCc1cc(C(=O)O)co1)c1ccco1. The molecule has 0 saturated heterocycles. The Balaban J connectivity index is 1.91. The lowest BCUT2D eigenvalue weighted by Gasteiger charge is -2.09. The summed E-state index contributed by atoms with van der Waals surface area (Å²) in [5.41, 5.74) is 0.160. The molecule has 0 aromatic carbocycles. The second kappa shape index (κ2) is 4.88. The topological polar surface area (TPSA) is 75.6 Å². The standard InChI is InChI=1S/C12H13NO4/c1-8(11-3-2-4-16-11)13-6-10-5-9(7-17-10)12(14)15/h2-5,7-8,13H,6H2,1H3,(H,14,15)/t8-/m1/s1. The molecule has 0 amide bonds. The van der Waals surface area contributed by atoms with E-state index in [4.69, 9.17) is 13.9 Å². The summed E-state index contributed by atoms with van der Waals surface area (Å²) in [6.07, 6.45) is 2.85. The van der Waals surface area contributed by atoms with Gasteiger partial charge in [0.1, 0.15) is 17.8 Å². The van der Waals surface area contributed by atoms with Crippen molar-refractivity contribution in [1.82, 2.24) is 5.32 Å². The van der Waals surface area contributed by atoms with Crippen molar-refractivity contribution in [2.75, 3.05) is 0 Å². The first-order valence-corrected chi connectivity index (χ1v) is 5.24. The number of hydrogen-bond acceptors (Lipinski definition) is 4. The number of rotatable bonds is 5. The molecule has 0 saturated carbocycles. The summed E-state index contributed by atoms with van der Waals surface area (Å²) in [5, 5.41) is 11.9. The highest BCUT2D eigenvalue weighted by Crippen LogP contribution is 2.14. The number of furan rings is 2. The van der Waals surface area contributed by atoms with Gasteiger partial charge >= 0.3 is 5.97 Å². The molecule has 0 aliphatic carbocycles. The van der Waals surface area contributed by atoms with Crippen LogP contribution in [0, 0.1) is 0 Å². The van der Waals surface area contributed by atoms with Gasteiger partial charge in [0.2, 0.25) is 0 Å². The molecule has 90 valence electrons. The third-order valence-electron chi connectivity index (χ3n) is 2.45. The molecule has 0 aliphatic heterocycles. The minimum Gasteiger partial charge on any atom is -0.478 e. The highest BCUT2D eigenvalue weighted by molar-refractivity contribution is 5.87. The average Bonchev–Trinajstić information content (AvgIpc) is 2.97. The molecular formula is C12H13NO4. The highest BCUT2D eigenvalue weighted by atomic mass is 16.4. The molecular weight excluding hydrogens is 222 g/mol. The molecule has 2 rings (SSSR count). The Morgan fingerprint density at radius 2 is 2.35 bits per heavy atom. The van der Waals surface area contributed by atoms with Gasteiger partial charge in [-0.3, -0.25) is 0 Å². The Kier molecular flexibility index (Phi) is 3.30. The molecule has 0 aliphatic rings. The summed E-state index contributed by atoms with van der Waals surface area (Å²) in [5.74, 6) is 0.426. The molecule has 0 unspecified atom stereocenters. The van der Waals surface area contributed by atoms with Gasteiger partial charge in [0, 0.05) is 0 Å². The largest absolute Gasteiger partial charge is 0.478 e. The first-order valence-electron chi connectivity index (χ1n) is 5.24. The molecule has 5 heteroatoms. The summed E-state index contributed by atoms with van der Waals surface area (Å²) in [6, 6.07) is 5.25. The maximum absolute atomic E-state index is 10.6. The van der Waals surface area contributed by atoms with Gasteiger partial charge < -0.3 is 19.3 Å². The Labute approximate surface area is 98.0 Å². The van der Waals surface area contributed by atoms with Crippen molar-refractivity contribution in [2.45, 2.75) is 19.5 Å². The molecule has 0 fully saturated rings. The zero-order valence-electron chi connectivity index (χ0n) is 9.34. The number of carbonyl (C=O) groups is 1. The van der Waals surface area contributed by atoms with Crippen LogP contribution in [0.15, 0.2) is 39.6 Å². The van der Waals surface area contributed by atoms with Gasteiger partial charge in [-0.05, 0) is 25.1 Å². The van der Waals surface area contributed by atoms with Crippen LogP contribution in [0.3, 0.4) is 0 Å². The predicted octanol–water partition coefficient (Wildman–Crippen LogP) is 2.42. The Morgan fingerprint density at radius 3 is 2.94 bits per heavy atom. The number of aromatic carboxylic acids is 1. The third kappa shape index (κ3) is 2.76. The fourth-order valence-corrected chi connectivity index (χ4v) is 1.48. The van der Waals surface area contributed by atoms with Crippen molar-refractivity contribution in [3.63, 3.8) is 0 Å². The van der Waals surface area contributed by atoms with E-state index in [-0.39, 0.29) is 11.6 Å². The van der Waals surface area contributed by atoms with Crippen molar-refractivity contribution in [3.05, 3.63) is 47.8 Å². The minimum absolute atomic E-state index is 0.0448. The van der Waals surface area contributed by atoms with E-state index in [1.807, 2.05) is 19.1 Å². The molecule has 1 atom stereocenters. The first kappa shape index (κ1) is 11.5. The van der Waals surface area contributed by atoms with Crippen LogP contribution in [0.25, 0.3) is 0 Å². The van der Waals surface area contributed by atoms with Crippen LogP contribution in [0.2, 0.25) is 0 Å². The summed E-state index contributed by atoms with van der Waals surface area (Å²) in [4.78, 5) is 10.6. The summed E-state index contributed by atoms with van der Waals surface area (Å²) >= 11 is 0. The lowest BCUT2D eigenvalue weighted by atomic mass is 10.2. The lowest BCUT2D eigenvalue weighted by molar-refractivity contribution is 0.0696. The van der Waals surface area contributed by atoms with Gasteiger partial charge in [-0.25, -0.2) is 4.79 Å². The second-order valence-electron chi connectivity index (χ2n) is 3.72. The maximum Gasteiger partial charge on any atom is 0.338 e. The summed E-state index contributed by atoms with van der Waals surface area (Å²) in [6.45, 7) is 2.41. The monoisotopic (exact) mass is 235 g/mol. The molecule has 5 nitrogen and oxygen atoms in total. The molecule has 0 bridgehead atoms. The van der Waals surface area contributed by atoms with Gasteiger partial charge in [0.05, 0.1) is 24.4 Å². The summed E-state index contributed by atoms with van der Waals surface area (Å²) in [7, 11) is 0. The van der Waals surface area contributed by atoms with E-state index in [1.54, 1.807) is 6.26 Å². The number of carboxylic acids is 1. The zero-order chi connectivity index (χ0) is 12.3. The first-order chi connectivity index (χ1) is 8.16. The van der Waals surface area contributed by atoms with Gasteiger partial charge in [0.25, 0.3) is 0 Å². The molecule has 0 spiro atoms. The van der Waals surface area contributed by atoms with Crippen molar-refractivity contribution in [2.24, 2.45) is 0 Å². The number of nitrogens with one attached hydrogen (secondary N) is 1. The van der Waals surface area contributed by atoms with E-state index >= 15 is 0 Å². The van der Waals surface area contributed by atoms with E-state index in [2.05, 4.69) is 5.32 Å². The van der Waals surface area contributed by atoms with Gasteiger partial charge in [0.15, 0.2) is 0 Å². The fraction of sp³-hybridized carbons (Fsp3) is 0.250. The van der Waals surface area contributed by atoms with Gasteiger partial charge in [-0.15, -0.1) is 0 Å². The second-order valence-corrected chi connectivity index (χ2v) is 3.72. The number of hydrogen-bond donors (Lipinski definition) is 2. The van der Waals surface area contributed by atoms with E-state index < -0.39 is 5.97 Å². The van der Waals surface area contributed by atoms with E-state index in [0.29, 0.717) is 12.3 Å². The zero-order valence-corrected chi connectivity index (χ0v) is 9.34. The van der Waals surface area contributed by atoms with Crippen LogP contribution in [-0.4, -0.2) is 11.1 Å². The Hall–Kier alpha value is -2.01. The van der Waals surface area contributed by atoms with Crippen molar-refractivity contribution >= 4 is 5.97 Å². The highest BCUT2D eigenvalue weighted by Gasteiger charge is 2.11. The molecule has 2 heterocycles. The van der Waals surface area contributed by atoms with Gasteiger partial charge in [-0.2, -0.15) is 0 Å². The number of carboxylic acid groups (broad SMARTS) is 1. The lowest BCUT2D eigenvalue weighted by Crippen LogP contribution is -2.17. The van der Waals surface area contributed by atoms with Crippen molar-refractivity contribution in [1.29, 1.82) is 0 Å². The van der Waals surface area contributed by atoms with Crippen LogP contribution in [0.1, 0.15) is 34.8 Å². The van der Waals surface area contributed by atoms with Crippen LogP contribution < -0.4 is 5.32 Å². The molecule has 2 aromatic rings. The predicted molar refractivity (Wildman–Crippen MR) is 59.6 cm³/mol. The molecule has 2 N–H and O–H groups in total. The van der Waals surface area contributed by atoms with Crippen LogP contribution in [-0.2, 0) is 6.54 Å². The van der Waals surface area contributed by atoms with Crippen LogP contribution in [0.5, 0.6) is 0 Å². The fourth-order valence-electron chi connectivity index (χ4n) is 1.48. The quantitative estimate of drug-likeness (QED) is 0.832. The normalized spacial score (nSPS) is 12.5. The van der Waals surface area contributed by atoms with Gasteiger partial charge in [-0.1, -0.05) is 0 Å². The van der Waals surface area contributed by atoms with E-state index in [1.165, 1.54) is 12.3 Å². The van der Waals surface area contributed by atoms with E-state index in [0.717, 1.165) is 5.76 Å². The Bertz CT molecular complexity index is 486. The minimum atomic E-state index is -0.987. The van der Waals surface area contributed by atoms with Crippen LogP contribution >= 0.6 is 0 Å². The third-order valence-corrected chi connectivity index (χ3v) is 2.45. The van der Waals surface area contributed by atoms with Crippen LogP contribution in [0.4, 0.5) is 0 Å².